The molecule has 6 heteroatoms. The third kappa shape index (κ3) is 2.96. The summed E-state index contributed by atoms with van der Waals surface area (Å²) in [4.78, 5) is 0.238. The molecule has 0 aliphatic rings. The highest BCUT2D eigenvalue weighted by Gasteiger charge is 2.17. The van der Waals surface area contributed by atoms with E-state index in [9.17, 15) is 8.42 Å². The second kappa shape index (κ2) is 5.16. The van der Waals surface area contributed by atoms with Crippen LogP contribution >= 0.6 is 15.9 Å². The van der Waals surface area contributed by atoms with Crippen molar-refractivity contribution in [2.75, 3.05) is 12.3 Å². The number of halogens is 1. The second-order valence-corrected chi connectivity index (χ2v) is 6.13. The van der Waals surface area contributed by atoms with Crippen LogP contribution in [0.4, 0.5) is 5.69 Å². The summed E-state index contributed by atoms with van der Waals surface area (Å²) in [6, 6.07) is 3.17. The Bertz CT molecular complexity index is 486. The van der Waals surface area contributed by atoms with Crippen molar-refractivity contribution in [1.82, 2.24) is 4.72 Å². The predicted molar refractivity (Wildman–Crippen MR) is 68.8 cm³/mol. The van der Waals surface area contributed by atoms with E-state index in [-0.39, 0.29) is 4.90 Å². The maximum Gasteiger partial charge on any atom is 0.240 e. The molecular weight excluding hydrogens is 292 g/mol. The van der Waals surface area contributed by atoms with Crippen molar-refractivity contribution >= 4 is 31.6 Å². The van der Waals surface area contributed by atoms with Gasteiger partial charge in [-0.05, 0) is 47.0 Å². The summed E-state index contributed by atoms with van der Waals surface area (Å²) in [5, 5.41) is 0. The van der Waals surface area contributed by atoms with E-state index in [0.29, 0.717) is 22.3 Å². The standard InChI is InChI=1S/C10H15BrN2O2S/c1-3-4-13-16(14,15)10-6-9(12)8(11)5-7(10)2/h5-6,13H,3-4,12H2,1-2H3. The van der Waals surface area contributed by atoms with Gasteiger partial charge in [0.15, 0.2) is 0 Å². The molecule has 1 aromatic rings. The number of anilines is 1. The van der Waals surface area contributed by atoms with Crippen LogP contribution in [-0.4, -0.2) is 15.0 Å². The molecule has 0 saturated heterocycles. The highest BCUT2D eigenvalue weighted by molar-refractivity contribution is 9.10. The lowest BCUT2D eigenvalue weighted by atomic mass is 10.2. The number of hydrogen-bond acceptors (Lipinski definition) is 3. The number of sulfonamides is 1. The highest BCUT2D eigenvalue weighted by atomic mass is 79.9. The van der Waals surface area contributed by atoms with Crippen LogP contribution in [0.2, 0.25) is 0 Å². The summed E-state index contributed by atoms with van der Waals surface area (Å²) in [6.45, 7) is 4.08. The Morgan fingerprint density at radius 1 is 1.44 bits per heavy atom. The van der Waals surface area contributed by atoms with Gasteiger partial charge in [-0.3, -0.25) is 0 Å². The van der Waals surface area contributed by atoms with Gasteiger partial charge >= 0.3 is 0 Å². The quantitative estimate of drug-likeness (QED) is 0.836. The summed E-state index contributed by atoms with van der Waals surface area (Å²) in [6.07, 6.45) is 0.754. The molecule has 0 aliphatic heterocycles. The fraction of sp³-hybridized carbons (Fsp3) is 0.400. The lowest BCUT2D eigenvalue weighted by molar-refractivity contribution is 0.580. The molecule has 1 aromatic carbocycles. The third-order valence-electron chi connectivity index (χ3n) is 2.13. The SMILES string of the molecule is CCCNS(=O)(=O)c1cc(N)c(Br)cc1C. The minimum absolute atomic E-state index is 0.238. The van der Waals surface area contributed by atoms with Gasteiger partial charge in [0.1, 0.15) is 0 Å². The first-order chi connectivity index (χ1) is 7.38. The number of nitrogens with one attached hydrogen (secondary N) is 1. The molecule has 0 unspecified atom stereocenters. The first kappa shape index (κ1) is 13.5. The molecule has 0 amide bonds. The van der Waals surface area contributed by atoms with E-state index in [1.165, 1.54) is 6.07 Å². The summed E-state index contributed by atoms with van der Waals surface area (Å²) < 4.78 is 27.0. The Kier molecular flexibility index (Phi) is 4.35. The van der Waals surface area contributed by atoms with Gasteiger partial charge in [-0.15, -0.1) is 0 Å². The highest BCUT2D eigenvalue weighted by Crippen LogP contribution is 2.26. The monoisotopic (exact) mass is 306 g/mol. The van der Waals surface area contributed by atoms with Crippen LogP contribution in [0.3, 0.4) is 0 Å². The van der Waals surface area contributed by atoms with Gasteiger partial charge in [-0.2, -0.15) is 0 Å². The average molecular weight is 307 g/mol. The zero-order chi connectivity index (χ0) is 12.3. The van der Waals surface area contributed by atoms with E-state index >= 15 is 0 Å². The molecule has 1 rings (SSSR count). The van der Waals surface area contributed by atoms with Crippen LogP contribution in [0.5, 0.6) is 0 Å². The first-order valence-electron chi connectivity index (χ1n) is 4.93. The first-order valence-corrected chi connectivity index (χ1v) is 7.21. The second-order valence-electron chi connectivity index (χ2n) is 3.54. The van der Waals surface area contributed by atoms with E-state index in [1.54, 1.807) is 13.0 Å². The number of hydrogen-bond donors (Lipinski definition) is 2. The van der Waals surface area contributed by atoms with E-state index in [4.69, 9.17) is 5.73 Å². The molecule has 0 aliphatic carbocycles. The average Bonchev–Trinajstić information content (AvgIpc) is 2.20. The van der Waals surface area contributed by atoms with Gasteiger partial charge in [0.25, 0.3) is 0 Å². The lowest BCUT2D eigenvalue weighted by Gasteiger charge is -2.10. The summed E-state index contributed by atoms with van der Waals surface area (Å²) in [5.74, 6) is 0. The molecule has 90 valence electrons. The van der Waals surface area contributed by atoms with Crippen molar-refractivity contribution < 1.29 is 8.42 Å². The number of benzene rings is 1. The Hall–Kier alpha value is -0.590. The van der Waals surface area contributed by atoms with Crippen LogP contribution < -0.4 is 10.5 Å². The van der Waals surface area contributed by atoms with Crippen molar-refractivity contribution in [3.8, 4) is 0 Å². The molecule has 0 radical (unpaired) electrons. The Morgan fingerprint density at radius 2 is 2.06 bits per heavy atom. The van der Waals surface area contributed by atoms with Crippen molar-refractivity contribution in [1.29, 1.82) is 0 Å². The minimum Gasteiger partial charge on any atom is -0.398 e. The van der Waals surface area contributed by atoms with Gasteiger partial charge in [0, 0.05) is 16.7 Å². The summed E-state index contributed by atoms with van der Waals surface area (Å²) in [5.41, 5.74) is 6.77. The molecule has 16 heavy (non-hydrogen) atoms. The van der Waals surface area contributed by atoms with Gasteiger partial charge in [0.2, 0.25) is 10.0 Å². The minimum atomic E-state index is -3.44. The van der Waals surface area contributed by atoms with E-state index in [1.807, 2.05) is 6.92 Å². The van der Waals surface area contributed by atoms with Gasteiger partial charge < -0.3 is 5.73 Å². The van der Waals surface area contributed by atoms with Crippen LogP contribution in [0.1, 0.15) is 18.9 Å². The number of nitrogen functional groups attached to an aromatic ring is 1. The molecule has 0 fully saturated rings. The molecular formula is C10H15BrN2O2S. The molecule has 0 bridgehead atoms. The molecule has 0 spiro atoms. The largest absolute Gasteiger partial charge is 0.398 e. The maximum absolute atomic E-state index is 11.9. The van der Waals surface area contributed by atoms with Crippen molar-refractivity contribution in [2.24, 2.45) is 0 Å². The Balaban J connectivity index is 3.18. The fourth-order valence-electron chi connectivity index (χ4n) is 1.27. The van der Waals surface area contributed by atoms with Crippen molar-refractivity contribution in [3.05, 3.63) is 22.2 Å². The normalized spacial score (nSPS) is 11.7. The van der Waals surface area contributed by atoms with Crippen molar-refractivity contribution in [3.63, 3.8) is 0 Å². The molecule has 0 saturated carbocycles. The summed E-state index contributed by atoms with van der Waals surface area (Å²) >= 11 is 3.26. The molecule has 0 atom stereocenters. The van der Waals surface area contributed by atoms with Gasteiger partial charge in [0.05, 0.1) is 4.90 Å². The van der Waals surface area contributed by atoms with E-state index in [2.05, 4.69) is 20.7 Å². The summed E-state index contributed by atoms with van der Waals surface area (Å²) in [7, 11) is -3.44. The lowest BCUT2D eigenvalue weighted by Crippen LogP contribution is -2.25. The third-order valence-corrected chi connectivity index (χ3v) is 4.42. The van der Waals surface area contributed by atoms with Crippen LogP contribution in [0.15, 0.2) is 21.5 Å². The Labute approximate surface area is 104 Å². The topological polar surface area (TPSA) is 72.2 Å². The number of rotatable bonds is 4. The number of aryl methyl sites for hydroxylation is 1. The zero-order valence-corrected chi connectivity index (χ0v) is 11.7. The molecule has 3 N–H and O–H groups in total. The molecule has 0 heterocycles. The van der Waals surface area contributed by atoms with Crippen LogP contribution in [0.25, 0.3) is 0 Å². The van der Waals surface area contributed by atoms with Crippen molar-refractivity contribution in [2.45, 2.75) is 25.2 Å². The zero-order valence-electron chi connectivity index (χ0n) is 9.25. The number of nitrogens with two attached hydrogens (primary N) is 1. The van der Waals surface area contributed by atoms with E-state index < -0.39 is 10.0 Å². The Morgan fingerprint density at radius 3 is 2.62 bits per heavy atom. The molecule has 0 aromatic heterocycles. The van der Waals surface area contributed by atoms with Gasteiger partial charge in [-0.1, -0.05) is 6.92 Å². The predicted octanol–water partition coefficient (Wildman–Crippen LogP) is 2.03. The van der Waals surface area contributed by atoms with Crippen LogP contribution in [0, 0.1) is 6.92 Å². The fourth-order valence-corrected chi connectivity index (χ4v) is 3.12. The van der Waals surface area contributed by atoms with Gasteiger partial charge in [-0.25, -0.2) is 13.1 Å². The smallest absolute Gasteiger partial charge is 0.240 e. The van der Waals surface area contributed by atoms with Crippen LogP contribution in [-0.2, 0) is 10.0 Å². The molecule has 4 nitrogen and oxygen atoms in total. The maximum atomic E-state index is 11.9. The van der Waals surface area contributed by atoms with E-state index in [0.717, 1.165) is 6.42 Å².